The van der Waals surface area contributed by atoms with Gasteiger partial charge in [0.05, 0.1) is 17.6 Å². The van der Waals surface area contributed by atoms with E-state index in [1.54, 1.807) is 4.57 Å². The van der Waals surface area contributed by atoms with Gasteiger partial charge in [-0.25, -0.2) is 9.78 Å². The highest BCUT2D eigenvalue weighted by atomic mass is 16.2. The van der Waals surface area contributed by atoms with E-state index in [2.05, 4.69) is 16.0 Å². The Labute approximate surface area is 166 Å². The van der Waals surface area contributed by atoms with Gasteiger partial charge in [0, 0.05) is 24.9 Å². The summed E-state index contributed by atoms with van der Waals surface area (Å²) in [5.41, 5.74) is 10.0. The van der Waals surface area contributed by atoms with Crippen molar-refractivity contribution in [2.45, 2.75) is 25.9 Å². The molecule has 1 aliphatic rings. The van der Waals surface area contributed by atoms with E-state index >= 15 is 0 Å². The lowest BCUT2D eigenvalue weighted by molar-refractivity contribution is -0.128. The molecule has 1 fully saturated rings. The first-order valence-electron chi connectivity index (χ1n) is 9.72. The minimum absolute atomic E-state index is 0.206. The number of aromatic amines is 1. The van der Waals surface area contributed by atoms with E-state index in [0.29, 0.717) is 30.8 Å². The van der Waals surface area contributed by atoms with Gasteiger partial charge in [0.1, 0.15) is 11.3 Å². The molecular weight excluding hydrogens is 366 g/mol. The lowest BCUT2D eigenvalue weighted by Crippen LogP contribution is -2.24. The number of anilines is 1. The summed E-state index contributed by atoms with van der Waals surface area (Å²) in [6.45, 7) is 1.83. The zero-order valence-corrected chi connectivity index (χ0v) is 15.9. The quantitative estimate of drug-likeness (QED) is 0.562. The van der Waals surface area contributed by atoms with Crippen LogP contribution in [-0.4, -0.2) is 31.9 Å². The Morgan fingerprint density at radius 2 is 1.83 bits per heavy atom. The SMILES string of the molecule is Nc1nc2ccccc2c2c1[nH]c(=O)n2Cc1cccc(CN2CCCC2=O)c1. The normalized spacial score (nSPS) is 14.3. The summed E-state index contributed by atoms with van der Waals surface area (Å²) in [6, 6.07) is 15.7. The average Bonchev–Trinajstić information content (AvgIpc) is 3.26. The lowest BCUT2D eigenvalue weighted by Gasteiger charge is -2.16. The highest BCUT2D eigenvalue weighted by molar-refractivity contribution is 6.06. The number of hydrogen-bond acceptors (Lipinski definition) is 4. The van der Waals surface area contributed by atoms with Gasteiger partial charge in [0.15, 0.2) is 0 Å². The molecule has 3 N–H and O–H groups in total. The van der Waals surface area contributed by atoms with Crippen LogP contribution in [0, 0.1) is 0 Å². The van der Waals surface area contributed by atoms with E-state index < -0.39 is 0 Å². The molecule has 2 aromatic carbocycles. The van der Waals surface area contributed by atoms with Crippen LogP contribution in [0.15, 0.2) is 53.3 Å². The van der Waals surface area contributed by atoms with Gasteiger partial charge < -0.3 is 15.6 Å². The molecule has 1 amide bonds. The fraction of sp³-hybridized carbons (Fsp3) is 0.227. The van der Waals surface area contributed by atoms with Crippen LogP contribution in [0.2, 0.25) is 0 Å². The van der Waals surface area contributed by atoms with E-state index in [1.807, 2.05) is 47.4 Å². The maximum absolute atomic E-state index is 12.7. The Kier molecular flexibility index (Phi) is 4.08. The predicted molar refractivity (Wildman–Crippen MR) is 112 cm³/mol. The van der Waals surface area contributed by atoms with E-state index in [9.17, 15) is 9.59 Å². The van der Waals surface area contributed by atoms with Gasteiger partial charge in [-0.3, -0.25) is 9.36 Å². The first-order chi connectivity index (χ1) is 14.1. The number of rotatable bonds is 4. The molecule has 0 radical (unpaired) electrons. The summed E-state index contributed by atoms with van der Waals surface area (Å²) in [4.78, 5) is 33.8. The monoisotopic (exact) mass is 387 g/mol. The van der Waals surface area contributed by atoms with E-state index in [4.69, 9.17) is 5.73 Å². The summed E-state index contributed by atoms with van der Waals surface area (Å²) >= 11 is 0. The van der Waals surface area contributed by atoms with Gasteiger partial charge in [0.25, 0.3) is 0 Å². The van der Waals surface area contributed by atoms with Crippen molar-refractivity contribution in [2.24, 2.45) is 0 Å². The number of nitrogens with one attached hydrogen (secondary N) is 1. The molecule has 0 unspecified atom stereocenters. The van der Waals surface area contributed by atoms with Crippen LogP contribution in [0.4, 0.5) is 5.82 Å². The zero-order chi connectivity index (χ0) is 20.0. The van der Waals surface area contributed by atoms with Gasteiger partial charge in [-0.2, -0.15) is 0 Å². The van der Waals surface area contributed by atoms with Crippen molar-refractivity contribution >= 4 is 33.7 Å². The number of carbonyl (C=O) groups is 1. The number of para-hydroxylation sites is 1. The van der Waals surface area contributed by atoms with Gasteiger partial charge in [0.2, 0.25) is 5.91 Å². The Balaban J connectivity index is 1.56. The standard InChI is InChI=1S/C22H21N5O2/c23-21-19-20(16-7-1-2-8-17(16)24-21)27(22(29)25-19)13-15-6-3-5-14(11-15)12-26-10-4-9-18(26)28/h1-3,5-8,11H,4,9-10,12-13H2,(H2,23,24)(H,25,29). The van der Waals surface area contributed by atoms with Crippen LogP contribution in [-0.2, 0) is 17.9 Å². The van der Waals surface area contributed by atoms with Gasteiger partial charge >= 0.3 is 5.69 Å². The highest BCUT2D eigenvalue weighted by Gasteiger charge is 2.20. The highest BCUT2D eigenvalue weighted by Crippen LogP contribution is 2.26. The van der Waals surface area contributed by atoms with Crippen LogP contribution in [0.1, 0.15) is 24.0 Å². The first kappa shape index (κ1) is 17.5. The van der Waals surface area contributed by atoms with Crippen LogP contribution in [0.5, 0.6) is 0 Å². The molecule has 7 heteroatoms. The van der Waals surface area contributed by atoms with Crippen LogP contribution in [0.3, 0.4) is 0 Å². The summed E-state index contributed by atoms with van der Waals surface area (Å²) in [5, 5.41) is 0.883. The number of benzene rings is 2. The molecular formula is C22H21N5O2. The fourth-order valence-electron chi connectivity index (χ4n) is 4.14. The molecule has 1 saturated heterocycles. The van der Waals surface area contributed by atoms with Crippen LogP contribution in [0.25, 0.3) is 21.9 Å². The number of fused-ring (bicyclic) bond motifs is 3. The molecule has 0 aliphatic carbocycles. The number of amides is 1. The molecule has 0 bridgehead atoms. The van der Waals surface area contributed by atoms with Crippen molar-refractivity contribution in [1.29, 1.82) is 0 Å². The van der Waals surface area contributed by atoms with E-state index in [0.717, 1.165) is 40.5 Å². The number of imidazole rings is 1. The number of carbonyl (C=O) groups excluding carboxylic acids is 1. The Bertz CT molecular complexity index is 1300. The van der Waals surface area contributed by atoms with Gasteiger partial charge in [-0.05, 0) is 23.6 Å². The lowest BCUT2D eigenvalue weighted by atomic mass is 10.1. The molecule has 0 spiro atoms. The number of likely N-dealkylation sites (tertiary alicyclic amines) is 1. The number of H-pyrrole nitrogens is 1. The maximum atomic E-state index is 12.7. The smallest absolute Gasteiger partial charge is 0.326 e. The summed E-state index contributed by atoms with van der Waals surface area (Å²) in [7, 11) is 0. The second-order valence-corrected chi connectivity index (χ2v) is 7.49. The summed E-state index contributed by atoms with van der Waals surface area (Å²) in [5.74, 6) is 0.522. The second kappa shape index (κ2) is 6.77. The molecule has 7 nitrogen and oxygen atoms in total. The number of nitrogens with two attached hydrogens (primary N) is 1. The molecule has 146 valence electrons. The number of nitrogens with zero attached hydrogens (tertiary/aromatic N) is 3. The molecule has 0 saturated carbocycles. The maximum Gasteiger partial charge on any atom is 0.326 e. The third-order valence-electron chi connectivity index (χ3n) is 5.52. The molecule has 2 aromatic heterocycles. The summed E-state index contributed by atoms with van der Waals surface area (Å²) in [6.07, 6.45) is 1.55. The van der Waals surface area contributed by atoms with Crippen molar-refractivity contribution in [3.8, 4) is 0 Å². The Hall–Kier alpha value is -3.61. The summed E-state index contributed by atoms with van der Waals surface area (Å²) < 4.78 is 1.70. The minimum Gasteiger partial charge on any atom is -0.382 e. The number of aromatic nitrogens is 3. The van der Waals surface area contributed by atoms with Gasteiger partial charge in [-0.1, -0.05) is 42.5 Å². The Morgan fingerprint density at radius 3 is 2.62 bits per heavy atom. The molecule has 4 aromatic rings. The molecule has 0 atom stereocenters. The topological polar surface area (TPSA) is 97.0 Å². The van der Waals surface area contributed by atoms with Crippen molar-refractivity contribution < 1.29 is 4.79 Å². The molecule has 3 heterocycles. The third-order valence-corrected chi connectivity index (χ3v) is 5.52. The Morgan fingerprint density at radius 1 is 1.03 bits per heavy atom. The van der Waals surface area contributed by atoms with Crippen molar-refractivity contribution in [2.75, 3.05) is 12.3 Å². The van der Waals surface area contributed by atoms with Crippen molar-refractivity contribution in [3.05, 3.63) is 70.1 Å². The van der Waals surface area contributed by atoms with Crippen molar-refractivity contribution in [3.63, 3.8) is 0 Å². The molecule has 1 aliphatic heterocycles. The number of hydrogen-bond donors (Lipinski definition) is 2. The number of nitrogen functional groups attached to an aromatic ring is 1. The molecule has 5 rings (SSSR count). The minimum atomic E-state index is -0.218. The first-order valence-corrected chi connectivity index (χ1v) is 9.72. The van der Waals surface area contributed by atoms with E-state index in [1.165, 1.54) is 0 Å². The average molecular weight is 387 g/mol. The fourth-order valence-corrected chi connectivity index (χ4v) is 4.14. The molecule has 29 heavy (non-hydrogen) atoms. The largest absolute Gasteiger partial charge is 0.382 e. The van der Waals surface area contributed by atoms with Gasteiger partial charge in [-0.15, -0.1) is 0 Å². The van der Waals surface area contributed by atoms with E-state index in [-0.39, 0.29) is 11.6 Å². The number of pyridine rings is 1. The van der Waals surface area contributed by atoms with Crippen molar-refractivity contribution in [1.82, 2.24) is 19.4 Å². The van der Waals surface area contributed by atoms with Crippen LogP contribution >= 0.6 is 0 Å². The predicted octanol–water partition coefficient (Wildman–Crippen LogP) is 2.63. The zero-order valence-electron chi connectivity index (χ0n) is 15.9. The third kappa shape index (κ3) is 3.04. The van der Waals surface area contributed by atoms with Crippen LogP contribution < -0.4 is 11.4 Å². The second-order valence-electron chi connectivity index (χ2n) is 7.49.